The molecule has 2 aliphatic rings. The van der Waals surface area contributed by atoms with Crippen LogP contribution in [-0.2, 0) is 91.8 Å². The van der Waals surface area contributed by atoms with Crippen LogP contribution in [0, 0.1) is 22.7 Å². The predicted molar refractivity (Wildman–Crippen MR) is 368 cm³/mol. The lowest BCUT2D eigenvalue weighted by atomic mass is 9.87. The topological polar surface area (TPSA) is 693 Å². The number of fused-ring (bicyclic) bond motifs is 2. The van der Waals surface area contributed by atoms with E-state index in [0.29, 0.717) is 24.9 Å². The molecule has 15 atom stereocenters. The molecule has 6 rings (SSSR count). The Bertz CT molecular complexity index is 3860. The van der Waals surface area contributed by atoms with Gasteiger partial charge in [0.25, 0.3) is 0 Å². The van der Waals surface area contributed by atoms with Gasteiger partial charge in [-0.15, -0.1) is 0 Å². The number of nitrogens with two attached hydrogens (primary N) is 2. The largest absolute Gasteiger partial charge is 0.481 e. The number of hydrogen-bond acceptors (Lipinski definition) is 34. The molecule has 105 heavy (non-hydrogen) atoms. The molecule has 54 heteroatoms. The summed E-state index contributed by atoms with van der Waals surface area (Å²) in [5.74, 6) is 1.95. The van der Waals surface area contributed by atoms with Gasteiger partial charge in [0.15, 0.2) is 35.4 Å². The van der Waals surface area contributed by atoms with Gasteiger partial charge in [0.1, 0.15) is 72.5 Å². The number of aliphatic hydroxyl groups excluding tert-OH is 4. The number of amides is 4. The second-order valence-corrected chi connectivity index (χ2v) is 36.0. The van der Waals surface area contributed by atoms with E-state index in [1.807, 2.05) is 0 Å². The molecule has 0 saturated carbocycles. The first kappa shape index (κ1) is 91.4. The quantitative estimate of drug-likeness (QED) is 0.0204. The van der Waals surface area contributed by atoms with Gasteiger partial charge in [0, 0.05) is 61.4 Å². The number of imidazole rings is 2. The van der Waals surface area contributed by atoms with Crippen LogP contribution in [0.25, 0.3) is 22.3 Å². The van der Waals surface area contributed by atoms with Crippen molar-refractivity contribution in [2.24, 2.45) is 22.7 Å². The number of nitrogens with zero attached hydrogens (tertiary/aromatic N) is 8. The first-order valence-corrected chi connectivity index (χ1v) is 42.9. The number of nitrogens with one attached hydrogen (secondary N) is 4. The maximum absolute atomic E-state index is 12.7. The van der Waals surface area contributed by atoms with Crippen LogP contribution < -0.4 is 32.7 Å². The fraction of sp³-hybridized carbons (Fsp3) is 0.725. The van der Waals surface area contributed by atoms with Gasteiger partial charge in [-0.3, -0.25) is 55.5 Å². The molecule has 2 aliphatic heterocycles. The average molecular weight is 1660 g/mol. The van der Waals surface area contributed by atoms with E-state index >= 15 is 0 Å². The van der Waals surface area contributed by atoms with Crippen molar-refractivity contribution >= 4 is 128 Å². The number of aromatic nitrogens is 8. The van der Waals surface area contributed by atoms with Crippen LogP contribution in [0.15, 0.2) is 25.3 Å². The summed E-state index contributed by atoms with van der Waals surface area (Å²) in [4.78, 5) is 151. The Morgan fingerprint density at radius 1 is 0.562 bits per heavy atom. The number of aliphatic hydroxyl groups is 4. The summed E-state index contributed by atoms with van der Waals surface area (Å²) >= 11 is 3.41. The lowest BCUT2D eigenvalue weighted by Crippen LogP contribution is -2.46. The van der Waals surface area contributed by atoms with Gasteiger partial charge in [-0.1, -0.05) is 61.8 Å². The summed E-state index contributed by atoms with van der Waals surface area (Å²) in [5, 5.41) is 53.0. The highest BCUT2D eigenvalue weighted by Crippen LogP contribution is 2.63. The van der Waals surface area contributed by atoms with Crippen molar-refractivity contribution in [3.8, 4) is 0 Å². The number of phosphoric acid groups is 6. The van der Waals surface area contributed by atoms with E-state index in [-0.39, 0.29) is 71.7 Å². The molecule has 2 saturated heterocycles. The van der Waals surface area contributed by atoms with Crippen molar-refractivity contribution < 1.29 is 151 Å². The first-order chi connectivity index (χ1) is 48.6. The fourth-order valence-corrected chi connectivity index (χ4v) is 16.7. The normalized spacial score (nSPS) is 22.8. The molecule has 4 amide bonds. The van der Waals surface area contributed by atoms with Crippen molar-refractivity contribution in [3.63, 3.8) is 0 Å². The maximum atomic E-state index is 12.7. The highest BCUT2D eigenvalue weighted by atomic mass is 32.2. The zero-order chi connectivity index (χ0) is 78.8. The third-order valence-corrected chi connectivity index (χ3v) is 23.7. The maximum Gasteiger partial charge on any atom is 0.481 e. The van der Waals surface area contributed by atoms with E-state index in [4.69, 9.17) is 39.0 Å². The molecule has 0 radical (unpaired) electrons. The number of carbonyl (C=O) groups is 4. The van der Waals surface area contributed by atoms with Gasteiger partial charge in [-0.05, 0) is 23.3 Å². The Labute approximate surface area is 608 Å². The van der Waals surface area contributed by atoms with Crippen LogP contribution in [0.4, 0.5) is 11.6 Å². The third kappa shape index (κ3) is 29.5. The molecule has 0 aliphatic carbocycles. The first-order valence-electron chi connectivity index (χ1n) is 31.5. The molecule has 598 valence electrons. The standard InChI is InChI=1S/C26H46N7O16P3S.C25H44N7O16P3S/c1-5-15(2)11-53-9-8-28-17(34)6-7-29-24(37)21(36)26(3,4)12-46-52(43,44)49-51(41,42)45-10-16-20(48-50(38,39)40)19(35)25(47-16)33-14-32-18-22(27)30-13-31-23(18)33;1-14(2)10-52-8-7-27-16(33)5-6-28-23(36)20(35)25(3,4)11-45-51(42,43)48-50(40,41)44-9-15-19(47-49(37,38)39)18(34)24(46-15)32-13-31-17-21(26)29-12-30-22(17)32/h13-16,19-21,25,35-36H,5-12H2,1-4H3,(H,28,34)(H,29,37)(H,41,42)(H,43,44)(H2,27,30,31)(H2,38,39,40);12-15,18-20,24,34-35H,5-11H2,1-4H3,(H,27,33)(H,28,36)(H,40,41)(H,42,43)(H2,26,29,30)(H2,37,38,39)/t15?,16-,19-,20-,21?,25-;15-,18-,19-,20?,24-/m11/s1. The molecule has 0 aromatic carbocycles. The van der Waals surface area contributed by atoms with Crippen LogP contribution >= 0.6 is 70.5 Å². The zero-order valence-corrected chi connectivity index (χ0v) is 64.6. The minimum Gasteiger partial charge on any atom is -0.386 e. The molecule has 4 aromatic heterocycles. The van der Waals surface area contributed by atoms with Gasteiger partial charge in [-0.25, -0.2) is 57.3 Å². The summed E-state index contributed by atoms with van der Waals surface area (Å²) < 4.78 is 124. The van der Waals surface area contributed by atoms with Crippen LogP contribution in [-0.4, -0.2) is 247 Å². The second kappa shape index (κ2) is 39.6. The lowest BCUT2D eigenvalue weighted by Gasteiger charge is -2.30. The fourth-order valence-electron chi connectivity index (χ4n) is 9.13. The molecular formula is C51H90N14O32P6S2. The van der Waals surface area contributed by atoms with E-state index in [1.54, 1.807) is 23.5 Å². The minimum atomic E-state index is -5.54. The molecule has 0 bridgehead atoms. The Morgan fingerprint density at radius 3 is 1.28 bits per heavy atom. The molecular weight excluding hydrogens is 1570 g/mol. The Hall–Kier alpha value is -4.22. The monoisotopic (exact) mass is 1660 g/mol. The molecule has 0 spiro atoms. The number of rotatable bonds is 43. The van der Waals surface area contributed by atoms with Crippen LogP contribution in [0.3, 0.4) is 0 Å². The highest BCUT2D eigenvalue weighted by molar-refractivity contribution is 7.99. The van der Waals surface area contributed by atoms with Gasteiger partial charge in [0.2, 0.25) is 23.6 Å². The molecule has 20 N–H and O–H groups in total. The lowest BCUT2D eigenvalue weighted by molar-refractivity contribution is -0.137. The molecule has 6 heterocycles. The predicted octanol–water partition coefficient (Wildman–Crippen LogP) is -0.0217. The van der Waals surface area contributed by atoms with Gasteiger partial charge in [-0.2, -0.15) is 32.1 Å². The highest BCUT2D eigenvalue weighted by Gasteiger charge is 2.53. The van der Waals surface area contributed by atoms with E-state index < -0.39 is 157 Å². The molecule has 46 nitrogen and oxygen atoms in total. The summed E-state index contributed by atoms with van der Waals surface area (Å²) in [6.45, 7) is 10.3. The van der Waals surface area contributed by atoms with Crippen LogP contribution in [0.2, 0.25) is 0 Å². The number of hydrogen-bond donors (Lipinski definition) is 18. The number of nitrogen functional groups attached to an aromatic ring is 2. The average Bonchev–Trinajstić information content (AvgIpc) is 1.62. The van der Waals surface area contributed by atoms with Crippen molar-refractivity contribution in [1.29, 1.82) is 0 Å². The Kier molecular flexibility index (Phi) is 34.5. The van der Waals surface area contributed by atoms with Gasteiger partial charge in [0.05, 0.1) is 39.1 Å². The Morgan fingerprint density at radius 2 is 0.924 bits per heavy atom. The summed E-state index contributed by atoms with van der Waals surface area (Å²) in [6, 6.07) is 0. The van der Waals surface area contributed by atoms with Crippen molar-refractivity contribution in [1.82, 2.24) is 60.3 Å². The number of ether oxygens (including phenoxy) is 2. The van der Waals surface area contributed by atoms with E-state index in [0.717, 1.165) is 63.9 Å². The molecule has 2 fully saturated rings. The summed E-state index contributed by atoms with van der Waals surface area (Å²) in [6.07, 6.45) is -12.3. The number of anilines is 2. The third-order valence-electron chi connectivity index (χ3n) is 14.8. The van der Waals surface area contributed by atoms with Gasteiger partial charge >= 0.3 is 46.9 Å². The second-order valence-electron chi connectivity index (χ2n) is 25.2. The summed E-state index contributed by atoms with van der Waals surface area (Å²) in [7, 11) is -32.6. The van der Waals surface area contributed by atoms with Gasteiger partial charge < -0.3 is 102 Å². The zero-order valence-electron chi connectivity index (χ0n) is 57.6. The van der Waals surface area contributed by atoms with E-state index in [2.05, 4.69) is 96.5 Å². The van der Waals surface area contributed by atoms with Crippen molar-refractivity contribution in [2.75, 3.05) is 87.1 Å². The van der Waals surface area contributed by atoms with E-state index in [1.165, 1.54) is 27.7 Å². The van der Waals surface area contributed by atoms with Crippen LogP contribution in [0.1, 0.15) is 87.1 Å². The number of thioether (sulfide) groups is 2. The Balaban J connectivity index is 0.000000377. The number of carbonyl (C=O) groups excluding carboxylic acids is 4. The van der Waals surface area contributed by atoms with E-state index in [9.17, 15) is 106 Å². The van der Waals surface area contributed by atoms with Crippen LogP contribution in [0.5, 0.6) is 0 Å². The molecule has 7 unspecified atom stereocenters. The summed E-state index contributed by atoms with van der Waals surface area (Å²) in [5.41, 5.74) is 8.64. The van der Waals surface area contributed by atoms with Crippen molar-refractivity contribution in [3.05, 3.63) is 25.3 Å². The minimum absolute atomic E-state index is 0.0339. The SMILES string of the molecule is CC(C)CSCCNC(=O)CCNC(=O)C(O)C(C)(C)COP(=O)(O)OP(=O)(O)OC[C@H]1O[C@@H](n2cnc3c(N)ncnc32)[C@H](O)[C@@H]1OP(=O)(O)O.CCC(C)CSCCNC(=O)CCNC(=O)C(O)C(C)(C)COP(=O)(O)OP(=O)(O)OC[C@H]1O[C@@H](n2cnc3c(N)ncnc32)[C@H](O)[C@@H]1OP(=O)(O)O. The number of phosphoric ester groups is 6. The molecule has 4 aromatic rings. The van der Waals surface area contributed by atoms with Crippen molar-refractivity contribution in [2.45, 2.75) is 136 Å². The smallest absolute Gasteiger partial charge is 0.386 e.